The van der Waals surface area contributed by atoms with E-state index in [-0.39, 0.29) is 17.7 Å². The van der Waals surface area contributed by atoms with E-state index in [1.54, 1.807) is 28.9 Å². The van der Waals surface area contributed by atoms with E-state index < -0.39 is 0 Å². The largest absolute Gasteiger partial charge is 0.341 e. The van der Waals surface area contributed by atoms with E-state index in [1.165, 1.54) is 11.1 Å². The van der Waals surface area contributed by atoms with Gasteiger partial charge in [0.05, 0.1) is 5.92 Å². The third-order valence-electron chi connectivity index (χ3n) is 6.13. The Morgan fingerprint density at radius 1 is 1.06 bits per heavy atom. The molecule has 6 nitrogen and oxygen atoms in total. The van der Waals surface area contributed by atoms with Crippen molar-refractivity contribution in [2.45, 2.75) is 20.3 Å². The second-order valence-electron chi connectivity index (χ2n) is 8.51. The quantitative estimate of drug-likeness (QED) is 0.622. The van der Waals surface area contributed by atoms with Crippen LogP contribution in [0.3, 0.4) is 0 Å². The third kappa shape index (κ3) is 4.74. The minimum absolute atomic E-state index is 0.115. The summed E-state index contributed by atoms with van der Waals surface area (Å²) in [6, 6.07) is 18.6. The van der Waals surface area contributed by atoms with E-state index in [0.29, 0.717) is 38.3 Å². The van der Waals surface area contributed by atoms with Gasteiger partial charge in [-0.2, -0.15) is 5.10 Å². The Kier molecular flexibility index (Phi) is 6.40. The number of rotatable bonds is 5. The first-order valence-electron chi connectivity index (χ1n) is 11.2. The van der Waals surface area contributed by atoms with Gasteiger partial charge in [-0.15, -0.1) is 0 Å². The van der Waals surface area contributed by atoms with E-state index in [1.807, 2.05) is 11.8 Å². The lowest BCUT2D eigenvalue weighted by atomic mass is 9.95. The zero-order valence-corrected chi connectivity index (χ0v) is 19.0. The summed E-state index contributed by atoms with van der Waals surface area (Å²) in [5.74, 6) is -0.266. The monoisotopic (exact) mass is 430 g/mol. The number of benzene rings is 2. The molecule has 2 aromatic carbocycles. The number of carbonyl (C=O) groups excluding carboxylic acids is 2. The molecule has 2 heterocycles. The summed E-state index contributed by atoms with van der Waals surface area (Å²) < 4.78 is 1.63. The first-order chi connectivity index (χ1) is 15.4. The number of carbonyl (C=O) groups is 2. The molecule has 166 valence electrons. The Morgan fingerprint density at radius 2 is 1.84 bits per heavy atom. The number of hydrogen-bond donors (Lipinski definition) is 0. The molecule has 0 saturated carbocycles. The van der Waals surface area contributed by atoms with Gasteiger partial charge in [0, 0.05) is 39.4 Å². The molecule has 1 aliphatic rings. The van der Waals surface area contributed by atoms with E-state index in [9.17, 15) is 9.59 Å². The van der Waals surface area contributed by atoms with Crippen LogP contribution in [0.2, 0.25) is 0 Å². The van der Waals surface area contributed by atoms with Gasteiger partial charge in [-0.25, -0.2) is 0 Å². The van der Waals surface area contributed by atoms with Crippen molar-refractivity contribution in [3.05, 3.63) is 77.6 Å². The van der Waals surface area contributed by atoms with Crippen LogP contribution < -0.4 is 0 Å². The van der Waals surface area contributed by atoms with Gasteiger partial charge < -0.3 is 9.80 Å². The number of likely N-dealkylation sites (N-methyl/N-ethyl adjacent to an activating group) is 1. The van der Waals surface area contributed by atoms with E-state index in [0.717, 1.165) is 11.1 Å². The summed E-state index contributed by atoms with van der Waals surface area (Å²) >= 11 is 0. The summed E-state index contributed by atoms with van der Waals surface area (Å²) in [6.45, 7) is 6.21. The molecule has 0 unspecified atom stereocenters. The predicted molar refractivity (Wildman–Crippen MR) is 125 cm³/mol. The maximum atomic E-state index is 13.2. The van der Waals surface area contributed by atoms with Gasteiger partial charge in [0.25, 0.3) is 5.91 Å². The molecule has 0 aliphatic carbocycles. The minimum atomic E-state index is -0.269. The average molecular weight is 431 g/mol. The molecule has 0 spiro atoms. The molecule has 0 bridgehead atoms. The lowest BCUT2D eigenvalue weighted by Crippen LogP contribution is -2.38. The Morgan fingerprint density at radius 3 is 2.50 bits per heavy atom. The highest BCUT2D eigenvalue weighted by atomic mass is 16.2. The highest BCUT2D eigenvalue weighted by Gasteiger charge is 2.32. The zero-order chi connectivity index (χ0) is 22.7. The van der Waals surface area contributed by atoms with Crippen molar-refractivity contribution < 1.29 is 9.59 Å². The fraction of sp³-hybridized carbons (Fsp3) is 0.346. The molecule has 1 saturated heterocycles. The predicted octanol–water partition coefficient (Wildman–Crippen LogP) is 3.56. The number of hydrogen-bond acceptors (Lipinski definition) is 3. The van der Waals surface area contributed by atoms with Gasteiger partial charge in [-0.3, -0.25) is 14.3 Å². The molecular weight excluding hydrogens is 400 g/mol. The Bertz CT molecular complexity index is 1100. The zero-order valence-electron chi connectivity index (χ0n) is 19.0. The van der Waals surface area contributed by atoms with Crippen LogP contribution in [0, 0.1) is 12.8 Å². The highest BCUT2D eigenvalue weighted by molar-refractivity contribution is 5.93. The fourth-order valence-corrected chi connectivity index (χ4v) is 4.33. The fourth-order valence-electron chi connectivity index (χ4n) is 4.33. The van der Waals surface area contributed by atoms with Crippen molar-refractivity contribution >= 4 is 11.8 Å². The molecule has 4 rings (SSSR count). The molecule has 1 aliphatic heterocycles. The van der Waals surface area contributed by atoms with Gasteiger partial charge in [0.15, 0.2) is 0 Å². The molecule has 1 aromatic heterocycles. The van der Waals surface area contributed by atoms with Crippen molar-refractivity contribution in [1.82, 2.24) is 19.6 Å². The van der Waals surface area contributed by atoms with E-state index in [4.69, 9.17) is 0 Å². The number of aromatic nitrogens is 2. The third-order valence-corrected chi connectivity index (χ3v) is 6.13. The summed E-state index contributed by atoms with van der Waals surface area (Å²) in [4.78, 5) is 29.8. The van der Waals surface area contributed by atoms with E-state index >= 15 is 0 Å². The second-order valence-corrected chi connectivity index (χ2v) is 8.51. The van der Waals surface area contributed by atoms with Crippen molar-refractivity contribution in [3.63, 3.8) is 0 Å². The number of nitrogens with zero attached hydrogens (tertiary/aromatic N) is 4. The first kappa shape index (κ1) is 21.8. The topological polar surface area (TPSA) is 58.4 Å². The van der Waals surface area contributed by atoms with Crippen LogP contribution >= 0.6 is 0 Å². The lowest BCUT2D eigenvalue weighted by molar-refractivity contribution is -0.134. The molecule has 32 heavy (non-hydrogen) atoms. The standard InChI is InChI=1S/C26H30N4O2/c1-4-29-14-15-30(26(32)24-12-13-28(3)27-24)18-23(25(29)31)17-20-8-10-21(11-9-20)22-7-5-6-19(2)16-22/h5-13,16,23H,4,14-15,17-18H2,1-3H3/t23-/m1/s1. The first-order valence-corrected chi connectivity index (χ1v) is 11.2. The molecule has 2 amide bonds. The Balaban J connectivity index is 1.53. The summed E-state index contributed by atoms with van der Waals surface area (Å²) in [5, 5.41) is 4.26. The molecule has 3 aromatic rings. The van der Waals surface area contributed by atoms with Gasteiger partial charge in [0.1, 0.15) is 5.69 Å². The molecule has 1 atom stereocenters. The summed E-state index contributed by atoms with van der Waals surface area (Å²) in [7, 11) is 1.80. The minimum Gasteiger partial charge on any atom is -0.341 e. The second kappa shape index (κ2) is 9.39. The molecule has 0 N–H and O–H groups in total. The van der Waals surface area contributed by atoms with Crippen LogP contribution in [-0.2, 0) is 18.3 Å². The van der Waals surface area contributed by atoms with Crippen LogP contribution in [0.1, 0.15) is 28.5 Å². The maximum absolute atomic E-state index is 13.2. The molecule has 1 fully saturated rings. The van der Waals surface area contributed by atoms with Crippen molar-refractivity contribution in [1.29, 1.82) is 0 Å². The number of amides is 2. The molecule has 0 radical (unpaired) electrons. The SMILES string of the molecule is CCN1CCN(C(=O)c2ccn(C)n2)C[C@@H](Cc2ccc(-c3cccc(C)c3)cc2)C1=O. The molecule has 6 heteroatoms. The van der Waals surface area contributed by atoms with Gasteiger partial charge >= 0.3 is 0 Å². The summed E-state index contributed by atoms with van der Waals surface area (Å²) in [5.41, 5.74) is 5.10. The van der Waals surface area contributed by atoms with Gasteiger partial charge in [-0.05, 0) is 43.0 Å². The van der Waals surface area contributed by atoms with Crippen molar-refractivity contribution in [2.75, 3.05) is 26.2 Å². The van der Waals surface area contributed by atoms with Crippen LogP contribution in [-0.4, -0.2) is 57.6 Å². The van der Waals surface area contributed by atoms with Crippen LogP contribution in [0.25, 0.3) is 11.1 Å². The van der Waals surface area contributed by atoms with E-state index in [2.05, 4.69) is 60.6 Å². The van der Waals surface area contributed by atoms with Crippen molar-refractivity contribution in [3.8, 4) is 11.1 Å². The maximum Gasteiger partial charge on any atom is 0.274 e. The van der Waals surface area contributed by atoms with Gasteiger partial charge in [0.2, 0.25) is 5.91 Å². The lowest BCUT2D eigenvalue weighted by Gasteiger charge is -2.23. The smallest absolute Gasteiger partial charge is 0.274 e. The van der Waals surface area contributed by atoms with Crippen LogP contribution in [0.15, 0.2) is 60.8 Å². The van der Waals surface area contributed by atoms with Gasteiger partial charge in [-0.1, -0.05) is 54.1 Å². The summed E-state index contributed by atoms with van der Waals surface area (Å²) in [6.07, 6.45) is 2.37. The van der Waals surface area contributed by atoms with Crippen LogP contribution in [0.5, 0.6) is 0 Å². The highest BCUT2D eigenvalue weighted by Crippen LogP contribution is 2.23. The van der Waals surface area contributed by atoms with Crippen LogP contribution in [0.4, 0.5) is 0 Å². The normalized spacial score (nSPS) is 16.8. The Hall–Kier alpha value is -3.41. The Labute approximate surface area is 189 Å². The average Bonchev–Trinajstić information content (AvgIpc) is 3.17. The number of aryl methyl sites for hydroxylation is 2. The molecular formula is C26H30N4O2. The van der Waals surface area contributed by atoms with Crippen molar-refractivity contribution in [2.24, 2.45) is 13.0 Å².